The molecule has 2 nitrogen and oxygen atoms in total. The predicted molar refractivity (Wildman–Crippen MR) is 92.3 cm³/mol. The third-order valence-electron chi connectivity index (χ3n) is 3.56. The maximum absolute atomic E-state index is 6.11. The van der Waals surface area contributed by atoms with Gasteiger partial charge in [0.05, 0.1) is 7.11 Å². The highest BCUT2D eigenvalue weighted by Crippen LogP contribution is 2.29. The van der Waals surface area contributed by atoms with Gasteiger partial charge in [0, 0.05) is 15.5 Å². The van der Waals surface area contributed by atoms with Gasteiger partial charge in [-0.1, -0.05) is 39.7 Å². The van der Waals surface area contributed by atoms with E-state index in [1.807, 2.05) is 37.4 Å². The van der Waals surface area contributed by atoms with Crippen molar-refractivity contribution in [2.75, 3.05) is 14.2 Å². The number of benzene rings is 2. The summed E-state index contributed by atoms with van der Waals surface area (Å²) in [5, 5.41) is 4.13. The highest BCUT2D eigenvalue weighted by atomic mass is 79.9. The van der Waals surface area contributed by atoms with Gasteiger partial charge < -0.3 is 10.1 Å². The van der Waals surface area contributed by atoms with Crippen molar-refractivity contribution < 1.29 is 4.74 Å². The molecule has 0 aliphatic heterocycles. The third-order valence-corrected chi connectivity index (χ3v) is 4.52. The van der Waals surface area contributed by atoms with Gasteiger partial charge in [-0.3, -0.25) is 0 Å². The van der Waals surface area contributed by atoms with Crippen LogP contribution in [-0.2, 0) is 6.42 Å². The zero-order valence-electron chi connectivity index (χ0n) is 12.2. The second-order valence-electron chi connectivity index (χ2n) is 4.89. The number of rotatable bonds is 6. The molecule has 0 heterocycles. The molecule has 0 amide bonds. The molecule has 1 N–H and O–H groups in total. The van der Waals surface area contributed by atoms with Crippen LogP contribution < -0.4 is 10.1 Å². The number of hydrogen-bond acceptors (Lipinski definition) is 2. The van der Waals surface area contributed by atoms with Crippen molar-refractivity contribution >= 4 is 27.5 Å². The summed E-state index contributed by atoms with van der Waals surface area (Å²) in [6.45, 7) is 0. The normalized spacial score (nSPS) is 12.2. The molecule has 0 saturated carbocycles. The van der Waals surface area contributed by atoms with Crippen LogP contribution in [0.4, 0.5) is 0 Å². The van der Waals surface area contributed by atoms with Crippen molar-refractivity contribution in [1.82, 2.24) is 5.32 Å². The second-order valence-corrected chi connectivity index (χ2v) is 6.18. The summed E-state index contributed by atoms with van der Waals surface area (Å²) >= 11 is 9.71. The van der Waals surface area contributed by atoms with E-state index in [2.05, 4.69) is 33.4 Å². The largest absolute Gasteiger partial charge is 0.497 e. The molecule has 0 spiro atoms. The lowest BCUT2D eigenvalue weighted by molar-refractivity contribution is 0.414. The van der Waals surface area contributed by atoms with Gasteiger partial charge in [0.2, 0.25) is 0 Å². The van der Waals surface area contributed by atoms with E-state index in [0.717, 1.165) is 28.1 Å². The summed E-state index contributed by atoms with van der Waals surface area (Å²) in [7, 11) is 3.66. The monoisotopic (exact) mass is 367 g/mol. The van der Waals surface area contributed by atoms with Gasteiger partial charge in [-0.05, 0) is 61.3 Å². The Hall–Kier alpha value is -1.03. The number of ether oxygens (including phenoxy) is 1. The summed E-state index contributed by atoms with van der Waals surface area (Å²) in [5.41, 5.74) is 2.49. The molecule has 1 unspecified atom stereocenters. The first-order valence-corrected chi connectivity index (χ1v) is 8.06. The summed E-state index contributed by atoms with van der Waals surface area (Å²) in [4.78, 5) is 0. The average molecular weight is 369 g/mol. The smallest absolute Gasteiger partial charge is 0.118 e. The van der Waals surface area contributed by atoms with E-state index >= 15 is 0 Å². The van der Waals surface area contributed by atoms with E-state index in [1.165, 1.54) is 11.1 Å². The zero-order chi connectivity index (χ0) is 15.2. The van der Waals surface area contributed by atoms with E-state index in [1.54, 1.807) is 7.11 Å². The molecule has 0 aliphatic carbocycles. The van der Waals surface area contributed by atoms with Gasteiger partial charge in [0.1, 0.15) is 5.75 Å². The van der Waals surface area contributed by atoms with Gasteiger partial charge in [-0.2, -0.15) is 0 Å². The van der Waals surface area contributed by atoms with Crippen LogP contribution in [0, 0.1) is 0 Å². The lowest BCUT2D eigenvalue weighted by atomic mass is 9.99. The molecule has 0 radical (unpaired) electrons. The number of methoxy groups -OCH3 is 1. The van der Waals surface area contributed by atoms with Crippen LogP contribution in [0.5, 0.6) is 5.75 Å². The van der Waals surface area contributed by atoms with Crippen LogP contribution in [0.15, 0.2) is 46.9 Å². The highest BCUT2D eigenvalue weighted by molar-refractivity contribution is 9.10. The number of nitrogens with one attached hydrogen (secondary N) is 1. The lowest BCUT2D eigenvalue weighted by Gasteiger charge is -2.18. The highest BCUT2D eigenvalue weighted by Gasteiger charge is 2.13. The lowest BCUT2D eigenvalue weighted by Crippen LogP contribution is -2.17. The van der Waals surface area contributed by atoms with Crippen LogP contribution in [-0.4, -0.2) is 14.2 Å². The van der Waals surface area contributed by atoms with Crippen LogP contribution in [0.3, 0.4) is 0 Å². The molecule has 0 bridgehead atoms. The minimum Gasteiger partial charge on any atom is -0.497 e. The van der Waals surface area contributed by atoms with E-state index in [4.69, 9.17) is 16.3 Å². The van der Waals surface area contributed by atoms with Gasteiger partial charge >= 0.3 is 0 Å². The fraction of sp³-hybridized carbons (Fsp3) is 0.294. The molecule has 21 heavy (non-hydrogen) atoms. The molecule has 112 valence electrons. The van der Waals surface area contributed by atoms with E-state index in [0.29, 0.717) is 0 Å². The standard InChI is InChI=1S/C17H19BrClNO/c1-20-17(15-11-13(19)6-9-16(15)18)10-5-12-3-7-14(21-2)8-4-12/h3-4,6-9,11,17,20H,5,10H2,1-2H3. The second kappa shape index (κ2) is 7.83. The molecule has 2 aromatic rings. The van der Waals surface area contributed by atoms with Crippen LogP contribution >= 0.6 is 27.5 Å². The van der Waals surface area contributed by atoms with Crippen molar-refractivity contribution in [3.63, 3.8) is 0 Å². The summed E-state index contributed by atoms with van der Waals surface area (Å²) in [6.07, 6.45) is 2.00. The summed E-state index contributed by atoms with van der Waals surface area (Å²) in [6, 6.07) is 14.4. The minimum absolute atomic E-state index is 0.264. The molecular weight excluding hydrogens is 350 g/mol. The van der Waals surface area contributed by atoms with E-state index < -0.39 is 0 Å². The third kappa shape index (κ3) is 4.47. The molecule has 0 aromatic heterocycles. The molecule has 2 aromatic carbocycles. The van der Waals surface area contributed by atoms with Crippen molar-refractivity contribution in [2.45, 2.75) is 18.9 Å². The fourth-order valence-corrected chi connectivity index (χ4v) is 3.04. The van der Waals surface area contributed by atoms with Crippen LogP contribution in [0.1, 0.15) is 23.6 Å². The van der Waals surface area contributed by atoms with Gasteiger partial charge in [-0.15, -0.1) is 0 Å². The Labute approximate surface area is 139 Å². The first kappa shape index (κ1) is 16.3. The molecule has 0 aliphatic rings. The van der Waals surface area contributed by atoms with Gasteiger partial charge in [-0.25, -0.2) is 0 Å². The fourth-order valence-electron chi connectivity index (χ4n) is 2.34. The number of halogens is 2. The number of aryl methyl sites for hydroxylation is 1. The Bertz CT molecular complexity index is 586. The molecule has 1 atom stereocenters. The average Bonchev–Trinajstić information content (AvgIpc) is 2.51. The van der Waals surface area contributed by atoms with Crippen molar-refractivity contribution in [1.29, 1.82) is 0 Å². The number of hydrogen-bond donors (Lipinski definition) is 1. The molecular formula is C17H19BrClNO. The molecule has 2 rings (SSSR count). The first-order valence-electron chi connectivity index (χ1n) is 6.89. The van der Waals surface area contributed by atoms with Gasteiger partial charge in [0.25, 0.3) is 0 Å². The SMILES string of the molecule is CNC(CCc1ccc(OC)cc1)c1cc(Cl)ccc1Br. The maximum atomic E-state index is 6.11. The Balaban J connectivity index is 2.06. The van der Waals surface area contributed by atoms with E-state index in [9.17, 15) is 0 Å². The minimum atomic E-state index is 0.264. The Morgan fingerprint density at radius 1 is 1.19 bits per heavy atom. The molecule has 0 fully saturated rings. The van der Waals surface area contributed by atoms with Crippen LogP contribution in [0.25, 0.3) is 0 Å². The van der Waals surface area contributed by atoms with Crippen molar-refractivity contribution in [2.24, 2.45) is 0 Å². The zero-order valence-corrected chi connectivity index (χ0v) is 14.5. The summed E-state index contributed by atoms with van der Waals surface area (Å²) in [5.74, 6) is 0.890. The summed E-state index contributed by atoms with van der Waals surface area (Å²) < 4.78 is 6.27. The van der Waals surface area contributed by atoms with E-state index in [-0.39, 0.29) is 6.04 Å². The topological polar surface area (TPSA) is 21.3 Å². The predicted octanol–water partition coefficient (Wildman–Crippen LogP) is 5.00. The Morgan fingerprint density at radius 2 is 1.90 bits per heavy atom. The van der Waals surface area contributed by atoms with Crippen molar-refractivity contribution in [3.05, 3.63) is 63.1 Å². The maximum Gasteiger partial charge on any atom is 0.118 e. The van der Waals surface area contributed by atoms with Crippen molar-refractivity contribution in [3.8, 4) is 5.75 Å². The molecule has 4 heteroatoms. The first-order chi connectivity index (χ1) is 10.1. The Morgan fingerprint density at radius 3 is 2.52 bits per heavy atom. The Kier molecular flexibility index (Phi) is 6.09. The van der Waals surface area contributed by atoms with Gasteiger partial charge in [0.15, 0.2) is 0 Å². The molecule has 0 saturated heterocycles. The van der Waals surface area contributed by atoms with Crippen LogP contribution in [0.2, 0.25) is 5.02 Å². The quantitative estimate of drug-likeness (QED) is 0.774.